The lowest BCUT2D eigenvalue weighted by Gasteiger charge is -2.18. The van der Waals surface area contributed by atoms with Crippen LogP contribution in [0.1, 0.15) is 43.7 Å². The van der Waals surface area contributed by atoms with Gasteiger partial charge in [-0.1, -0.05) is 42.5 Å². The largest absolute Gasteiger partial charge is 0.444 e. The summed E-state index contributed by atoms with van der Waals surface area (Å²) in [6, 6.07) is 5.36. The summed E-state index contributed by atoms with van der Waals surface area (Å²) in [5.41, 5.74) is 1.86. The van der Waals surface area contributed by atoms with E-state index < -0.39 is 0 Å². The van der Waals surface area contributed by atoms with Crippen LogP contribution in [-0.2, 0) is 0 Å². The van der Waals surface area contributed by atoms with E-state index in [1.165, 1.54) is 32.1 Å². The normalized spacial score (nSPS) is 16.7. The highest BCUT2D eigenvalue weighted by Gasteiger charge is 2.20. The summed E-state index contributed by atoms with van der Waals surface area (Å²) in [6.45, 7) is 0. The van der Waals surface area contributed by atoms with Crippen molar-refractivity contribution >= 4 is 23.2 Å². The second kappa shape index (κ2) is 5.56. The number of nitrogens with zero attached hydrogens (tertiary/aromatic N) is 1. The topological polar surface area (TPSA) is 26.0 Å². The standard InChI is InChI=1S/C15H15Cl2NO/c16-11-6-7-12(13(17)8-11)15-18-14(9-19-15)10-4-2-1-3-5-10/h6-10H,1-5H2. The highest BCUT2D eigenvalue weighted by Crippen LogP contribution is 2.35. The van der Waals surface area contributed by atoms with Crippen molar-refractivity contribution in [1.29, 1.82) is 0 Å². The van der Waals surface area contributed by atoms with Crippen molar-refractivity contribution in [2.24, 2.45) is 0 Å². The van der Waals surface area contributed by atoms with E-state index in [2.05, 4.69) is 4.98 Å². The number of hydrogen-bond donors (Lipinski definition) is 0. The Labute approximate surface area is 122 Å². The van der Waals surface area contributed by atoms with Crippen molar-refractivity contribution in [1.82, 2.24) is 4.98 Å². The van der Waals surface area contributed by atoms with Crippen LogP contribution in [0.3, 0.4) is 0 Å². The molecule has 1 fully saturated rings. The van der Waals surface area contributed by atoms with Crippen LogP contribution in [-0.4, -0.2) is 4.98 Å². The average molecular weight is 296 g/mol. The Kier molecular flexibility index (Phi) is 3.81. The van der Waals surface area contributed by atoms with Crippen molar-refractivity contribution in [3.8, 4) is 11.5 Å². The molecule has 0 radical (unpaired) electrons. The summed E-state index contributed by atoms with van der Waals surface area (Å²) in [5.74, 6) is 1.12. The molecule has 1 heterocycles. The van der Waals surface area contributed by atoms with Gasteiger partial charge in [0.2, 0.25) is 5.89 Å². The second-order valence-corrected chi connectivity index (χ2v) is 5.88. The van der Waals surface area contributed by atoms with Gasteiger partial charge in [0, 0.05) is 10.9 Å². The Hall–Kier alpha value is -0.990. The van der Waals surface area contributed by atoms with Gasteiger partial charge in [0.05, 0.1) is 16.3 Å². The van der Waals surface area contributed by atoms with Crippen LogP contribution in [0.5, 0.6) is 0 Å². The molecule has 3 rings (SSSR count). The lowest BCUT2D eigenvalue weighted by Crippen LogP contribution is -2.04. The summed E-state index contributed by atoms with van der Waals surface area (Å²) >= 11 is 12.1. The van der Waals surface area contributed by atoms with E-state index in [4.69, 9.17) is 27.6 Å². The molecule has 1 saturated carbocycles. The minimum Gasteiger partial charge on any atom is -0.444 e. The first-order valence-electron chi connectivity index (χ1n) is 6.65. The summed E-state index contributed by atoms with van der Waals surface area (Å²) in [4.78, 5) is 4.60. The van der Waals surface area contributed by atoms with Crippen LogP contribution in [0.2, 0.25) is 10.0 Å². The third-order valence-electron chi connectivity index (χ3n) is 3.71. The van der Waals surface area contributed by atoms with Crippen molar-refractivity contribution < 1.29 is 4.42 Å². The minimum atomic E-state index is 0.539. The van der Waals surface area contributed by atoms with Gasteiger partial charge in [-0.3, -0.25) is 0 Å². The van der Waals surface area contributed by atoms with Crippen LogP contribution in [0.25, 0.3) is 11.5 Å². The third kappa shape index (κ3) is 2.80. The van der Waals surface area contributed by atoms with E-state index in [0.717, 1.165) is 11.3 Å². The highest BCUT2D eigenvalue weighted by atomic mass is 35.5. The van der Waals surface area contributed by atoms with Gasteiger partial charge in [-0.15, -0.1) is 0 Å². The summed E-state index contributed by atoms with van der Waals surface area (Å²) in [7, 11) is 0. The molecule has 2 nitrogen and oxygen atoms in total. The molecule has 100 valence electrons. The van der Waals surface area contributed by atoms with Gasteiger partial charge in [-0.25, -0.2) is 4.98 Å². The Bertz CT molecular complexity index is 573. The minimum absolute atomic E-state index is 0.539. The first-order chi connectivity index (χ1) is 9.24. The van der Waals surface area contributed by atoms with E-state index in [0.29, 0.717) is 21.9 Å². The Balaban J connectivity index is 1.87. The molecule has 0 N–H and O–H groups in total. The van der Waals surface area contributed by atoms with Gasteiger partial charge < -0.3 is 4.42 Å². The van der Waals surface area contributed by atoms with Gasteiger partial charge >= 0.3 is 0 Å². The fourth-order valence-electron chi connectivity index (χ4n) is 2.66. The smallest absolute Gasteiger partial charge is 0.227 e. The van der Waals surface area contributed by atoms with Crippen LogP contribution in [0, 0.1) is 0 Å². The van der Waals surface area contributed by atoms with Crippen LogP contribution < -0.4 is 0 Å². The molecule has 0 unspecified atom stereocenters. The van der Waals surface area contributed by atoms with Crippen molar-refractivity contribution in [2.75, 3.05) is 0 Å². The fraction of sp³-hybridized carbons (Fsp3) is 0.400. The van der Waals surface area contributed by atoms with Crippen molar-refractivity contribution in [3.05, 3.63) is 40.2 Å². The number of hydrogen-bond acceptors (Lipinski definition) is 2. The van der Waals surface area contributed by atoms with E-state index >= 15 is 0 Å². The molecule has 0 atom stereocenters. The van der Waals surface area contributed by atoms with Gasteiger partial charge in [-0.05, 0) is 31.0 Å². The van der Waals surface area contributed by atoms with Crippen LogP contribution in [0.4, 0.5) is 0 Å². The Morgan fingerprint density at radius 1 is 1.11 bits per heavy atom. The van der Waals surface area contributed by atoms with E-state index in [1.54, 1.807) is 18.4 Å². The SMILES string of the molecule is Clc1ccc(-c2nc(C3CCCCC3)co2)c(Cl)c1. The van der Waals surface area contributed by atoms with Crippen LogP contribution >= 0.6 is 23.2 Å². The maximum absolute atomic E-state index is 6.17. The summed E-state index contributed by atoms with van der Waals surface area (Å²) < 4.78 is 5.59. The predicted molar refractivity (Wildman–Crippen MR) is 77.8 cm³/mol. The van der Waals surface area contributed by atoms with E-state index in [1.807, 2.05) is 6.07 Å². The molecule has 0 saturated heterocycles. The third-order valence-corrected chi connectivity index (χ3v) is 4.25. The Morgan fingerprint density at radius 2 is 1.89 bits per heavy atom. The van der Waals surface area contributed by atoms with Gasteiger partial charge in [0.25, 0.3) is 0 Å². The molecule has 0 amide bonds. The monoisotopic (exact) mass is 295 g/mol. The fourth-order valence-corrected chi connectivity index (χ4v) is 3.15. The van der Waals surface area contributed by atoms with E-state index in [9.17, 15) is 0 Å². The zero-order chi connectivity index (χ0) is 13.2. The molecule has 1 aromatic heterocycles. The molecule has 19 heavy (non-hydrogen) atoms. The van der Waals surface area contributed by atoms with Crippen molar-refractivity contribution in [3.63, 3.8) is 0 Å². The molecule has 2 aromatic rings. The zero-order valence-corrected chi connectivity index (χ0v) is 12.0. The van der Waals surface area contributed by atoms with Crippen molar-refractivity contribution in [2.45, 2.75) is 38.0 Å². The van der Waals surface area contributed by atoms with Gasteiger partial charge in [-0.2, -0.15) is 0 Å². The van der Waals surface area contributed by atoms with Crippen LogP contribution in [0.15, 0.2) is 28.9 Å². The van der Waals surface area contributed by atoms with Gasteiger partial charge in [0.15, 0.2) is 0 Å². The lowest BCUT2D eigenvalue weighted by molar-refractivity contribution is 0.435. The maximum Gasteiger partial charge on any atom is 0.227 e. The highest BCUT2D eigenvalue weighted by molar-refractivity contribution is 6.36. The molecule has 0 aliphatic heterocycles. The predicted octanol–water partition coefficient (Wildman–Crippen LogP) is 5.70. The summed E-state index contributed by atoms with van der Waals surface area (Å²) in [5, 5.41) is 1.19. The quantitative estimate of drug-likeness (QED) is 0.710. The second-order valence-electron chi connectivity index (χ2n) is 5.04. The lowest BCUT2D eigenvalue weighted by atomic mass is 9.87. The average Bonchev–Trinajstić information content (AvgIpc) is 2.89. The summed E-state index contributed by atoms with van der Waals surface area (Å²) in [6.07, 6.45) is 8.10. The Morgan fingerprint density at radius 3 is 2.63 bits per heavy atom. The number of halogens is 2. The number of aromatic nitrogens is 1. The molecule has 1 aliphatic carbocycles. The number of rotatable bonds is 2. The number of oxazole rings is 1. The van der Waals surface area contributed by atoms with Gasteiger partial charge in [0.1, 0.15) is 6.26 Å². The molecule has 0 bridgehead atoms. The first-order valence-corrected chi connectivity index (χ1v) is 7.40. The molecular formula is C15H15Cl2NO. The molecule has 4 heteroatoms. The molecule has 1 aromatic carbocycles. The first kappa shape index (κ1) is 13.0. The molecule has 1 aliphatic rings. The molecular weight excluding hydrogens is 281 g/mol. The number of benzene rings is 1. The van der Waals surface area contributed by atoms with E-state index in [-0.39, 0.29) is 0 Å². The zero-order valence-electron chi connectivity index (χ0n) is 10.5. The molecule has 0 spiro atoms. The maximum atomic E-state index is 6.17.